The van der Waals surface area contributed by atoms with E-state index in [-0.39, 0.29) is 0 Å². The first-order chi connectivity index (χ1) is 4.93. The summed E-state index contributed by atoms with van der Waals surface area (Å²) in [7, 11) is 0. The highest BCUT2D eigenvalue weighted by Gasteiger charge is 1.87. The van der Waals surface area contributed by atoms with Crippen LogP contribution in [0.5, 0.6) is 5.75 Å². The van der Waals surface area contributed by atoms with Gasteiger partial charge in [0.1, 0.15) is 5.75 Å². The van der Waals surface area contributed by atoms with Crippen LogP contribution in [0.15, 0.2) is 24.5 Å². The van der Waals surface area contributed by atoms with Crippen molar-refractivity contribution in [2.45, 2.75) is 13.3 Å². The third-order valence-electron chi connectivity index (χ3n) is 1.11. The van der Waals surface area contributed by atoms with Gasteiger partial charge in [-0.1, -0.05) is 6.92 Å². The monoisotopic (exact) mass is 137 g/mol. The van der Waals surface area contributed by atoms with Gasteiger partial charge in [-0.05, 0) is 18.6 Å². The van der Waals surface area contributed by atoms with Crippen LogP contribution in [0, 0.1) is 0 Å². The zero-order valence-corrected chi connectivity index (χ0v) is 6.08. The minimum atomic E-state index is 0.770. The van der Waals surface area contributed by atoms with Gasteiger partial charge in [0, 0.05) is 6.20 Å². The van der Waals surface area contributed by atoms with Crippen LogP contribution in [0.25, 0.3) is 0 Å². The summed E-state index contributed by atoms with van der Waals surface area (Å²) in [5, 5.41) is 0. The van der Waals surface area contributed by atoms with E-state index < -0.39 is 0 Å². The average molecular weight is 137 g/mol. The maximum atomic E-state index is 5.29. The lowest BCUT2D eigenvalue weighted by Gasteiger charge is -2.01. The van der Waals surface area contributed by atoms with E-state index in [2.05, 4.69) is 11.9 Å². The summed E-state index contributed by atoms with van der Waals surface area (Å²) in [6.07, 6.45) is 4.49. The molecule has 1 heterocycles. The molecule has 0 saturated carbocycles. The van der Waals surface area contributed by atoms with Crippen LogP contribution in [-0.4, -0.2) is 11.6 Å². The smallest absolute Gasteiger partial charge is 0.137 e. The summed E-state index contributed by atoms with van der Waals surface area (Å²) >= 11 is 0. The Labute approximate surface area is 60.9 Å². The molecule has 0 aromatic carbocycles. The third kappa shape index (κ3) is 2.05. The summed E-state index contributed by atoms with van der Waals surface area (Å²) in [5.41, 5.74) is 0. The fourth-order valence-corrected chi connectivity index (χ4v) is 0.652. The van der Waals surface area contributed by atoms with Crippen molar-refractivity contribution in [2.75, 3.05) is 6.61 Å². The average Bonchev–Trinajstić information content (AvgIpc) is 2.03. The highest BCUT2D eigenvalue weighted by molar-refractivity contribution is 5.15. The lowest BCUT2D eigenvalue weighted by atomic mass is 10.4. The van der Waals surface area contributed by atoms with Crippen LogP contribution >= 0.6 is 0 Å². The van der Waals surface area contributed by atoms with Gasteiger partial charge in [0.25, 0.3) is 0 Å². The molecule has 0 aliphatic rings. The van der Waals surface area contributed by atoms with Crippen LogP contribution < -0.4 is 4.74 Å². The minimum Gasteiger partial charge on any atom is -0.492 e. The van der Waals surface area contributed by atoms with Gasteiger partial charge in [0.2, 0.25) is 0 Å². The number of rotatable bonds is 3. The molecule has 0 atom stereocenters. The highest BCUT2D eigenvalue weighted by Crippen LogP contribution is 2.05. The van der Waals surface area contributed by atoms with Gasteiger partial charge in [-0.2, -0.15) is 0 Å². The molecule has 0 amide bonds. The maximum Gasteiger partial charge on any atom is 0.137 e. The van der Waals surface area contributed by atoms with E-state index in [0.29, 0.717) is 0 Å². The van der Waals surface area contributed by atoms with Crippen LogP contribution in [-0.2, 0) is 0 Å². The van der Waals surface area contributed by atoms with Crippen molar-refractivity contribution in [1.82, 2.24) is 4.98 Å². The Balaban J connectivity index is 2.43. The second-order valence-electron chi connectivity index (χ2n) is 2.04. The Morgan fingerprint density at radius 2 is 2.50 bits per heavy atom. The van der Waals surface area contributed by atoms with Crippen LogP contribution in [0.3, 0.4) is 0 Å². The summed E-state index contributed by atoms with van der Waals surface area (Å²) in [4.78, 5) is 3.91. The van der Waals surface area contributed by atoms with E-state index in [9.17, 15) is 0 Å². The summed E-state index contributed by atoms with van der Waals surface area (Å²) in [6, 6.07) is 3.77. The van der Waals surface area contributed by atoms with E-state index in [1.165, 1.54) is 0 Å². The summed E-state index contributed by atoms with van der Waals surface area (Å²) in [6.45, 7) is 2.85. The zero-order chi connectivity index (χ0) is 7.23. The Morgan fingerprint density at radius 1 is 1.60 bits per heavy atom. The van der Waals surface area contributed by atoms with Crippen molar-refractivity contribution >= 4 is 0 Å². The largest absolute Gasteiger partial charge is 0.492 e. The van der Waals surface area contributed by atoms with Crippen molar-refractivity contribution in [2.24, 2.45) is 0 Å². The first-order valence-electron chi connectivity index (χ1n) is 3.46. The SMILES string of the molecule is CCCOc1cccnc1. The van der Waals surface area contributed by atoms with Crippen LogP contribution in [0.1, 0.15) is 13.3 Å². The summed E-state index contributed by atoms with van der Waals surface area (Å²) in [5.74, 6) is 0.851. The first kappa shape index (κ1) is 7.06. The van der Waals surface area contributed by atoms with Gasteiger partial charge >= 0.3 is 0 Å². The fourth-order valence-electron chi connectivity index (χ4n) is 0.652. The van der Waals surface area contributed by atoms with E-state index in [4.69, 9.17) is 4.74 Å². The number of pyridine rings is 1. The number of nitrogens with zero attached hydrogens (tertiary/aromatic N) is 1. The number of hydrogen-bond acceptors (Lipinski definition) is 2. The molecular formula is C8H11NO. The molecule has 0 N–H and O–H groups in total. The molecule has 0 spiro atoms. The molecule has 10 heavy (non-hydrogen) atoms. The van der Waals surface area contributed by atoms with Crippen molar-refractivity contribution in [3.05, 3.63) is 24.5 Å². The van der Waals surface area contributed by atoms with E-state index >= 15 is 0 Å². The maximum absolute atomic E-state index is 5.29. The lowest BCUT2D eigenvalue weighted by Crippen LogP contribution is -1.94. The first-order valence-corrected chi connectivity index (χ1v) is 3.46. The molecule has 0 bridgehead atoms. The second-order valence-corrected chi connectivity index (χ2v) is 2.04. The van der Waals surface area contributed by atoms with E-state index in [1.807, 2.05) is 12.1 Å². The van der Waals surface area contributed by atoms with E-state index in [0.717, 1.165) is 18.8 Å². The molecule has 2 nitrogen and oxygen atoms in total. The third-order valence-corrected chi connectivity index (χ3v) is 1.11. The molecule has 54 valence electrons. The van der Waals surface area contributed by atoms with Crippen molar-refractivity contribution in [3.63, 3.8) is 0 Å². The quantitative estimate of drug-likeness (QED) is 0.634. The zero-order valence-electron chi connectivity index (χ0n) is 6.08. The number of aromatic nitrogens is 1. The molecule has 0 saturated heterocycles. The molecule has 1 aromatic heterocycles. The molecule has 1 aromatic rings. The molecule has 0 radical (unpaired) electrons. The van der Waals surface area contributed by atoms with Gasteiger partial charge in [-0.15, -0.1) is 0 Å². The molecule has 0 unspecified atom stereocenters. The van der Waals surface area contributed by atoms with Crippen molar-refractivity contribution in [1.29, 1.82) is 0 Å². The van der Waals surface area contributed by atoms with Gasteiger partial charge in [0.15, 0.2) is 0 Å². The van der Waals surface area contributed by atoms with Gasteiger partial charge < -0.3 is 4.74 Å². The van der Waals surface area contributed by atoms with Gasteiger partial charge in [-0.3, -0.25) is 4.98 Å². The number of hydrogen-bond donors (Lipinski definition) is 0. The Hall–Kier alpha value is -1.05. The lowest BCUT2D eigenvalue weighted by molar-refractivity contribution is 0.316. The molecule has 0 aliphatic carbocycles. The van der Waals surface area contributed by atoms with Gasteiger partial charge in [0.05, 0.1) is 12.8 Å². The van der Waals surface area contributed by atoms with Gasteiger partial charge in [-0.25, -0.2) is 0 Å². The van der Waals surface area contributed by atoms with Crippen molar-refractivity contribution in [3.8, 4) is 5.75 Å². The van der Waals surface area contributed by atoms with Crippen LogP contribution in [0.2, 0.25) is 0 Å². The molecule has 0 aliphatic heterocycles. The number of ether oxygens (including phenoxy) is 1. The molecule has 1 rings (SSSR count). The standard InChI is InChI=1S/C8H11NO/c1-2-6-10-8-4-3-5-9-7-8/h3-5,7H,2,6H2,1H3. The summed E-state index contributed by atoms with van der Waals surface area (Å²) < 4.78 is 5.29. The second kappa shape index (κ2) is 3.88. The van der Waals surface area contributed by atoms with Crippen molar-refractivity contribution < 1.29 is 4.74 Å². The normalized spacial score (nSPS) is 9.30. The topological polar surface area (TPSA) is 22.1 Å². The predicted molar refractivity (Wildman–Crippen MR) is 40.0 cm³/mol. The van der Waals surface area contributed by atoms with E-state index in [1.54, 1.807) is 12.4 Å². The predicted octanol–water partition coefficient (Wildman–Crippen LogP) is 1.87. The Kier molecular flexibility index (Phi) is 2.74. The van der Waals surface area contributed by atoms with Crippen LogP contribution in [0.4, 0.5) is 0 Å². The minimum absolute atomic E-state index is 0.770. The Bertz CT molecular complexity index is 174. The molecule has 2 heteroatoms. The highest BCUT2D eigenvalue weighted by atomic mass is 16.5. The molecule has 0 fully saturated rings. The fraction of sp³-hybridized carbons (Fsp3) is 0.375. The molecular weight excluding hydrogens is 126 g/mol. The Morgan fingerprint density at radius 3 is 3.10 bits per heavy atom.